The van der Waals surface area contributed by atoms with Gasteiger partial charge in [-0.1, -0.05) is 57.9 Å². The summed E-state index contributed by atoms with van der Waals surface area (Å²) in [6.07, 6.45) is 1.65. The van der Waals surface area contributed by atoms with E-state index >= 15 is 0 Å². The number of nitrogens with one attached hydrogen (secondary N) is 2. The molecule has 7 heteroatoms. The van der Waals surface area contributed by atoms with Gasteiger partial charge in [0.25, 0.3) is 0 Å². The van der Waals surface area contributed by atoms with Gasteiger partial charge in [0, 0.05) is 17.6 Å². The third kappa shape index (κ3) is 7.48. The fourth-order valence-electron chi connectivity index (χ4n) is 3.54. The van der Waals surface area contributed by atoms with Crippen LogP contribution < -0.4 is 10.6 Å². The van der Waals surface area contributed by atoms with Crippen molar-refractivity contribution >= 4 is 23.1 Å². The summed E-state index contributed by atoms with van der Waals surface area (Å²) >= 11 is 0. The molecule has 0 amide bonds. The number of rotatable bonds is 10. The monoisotopic (exact) mass is 456 g/mol. The number of aryl methyl sites for hydroxylation is 1. The normalized spacial score (nSPS) is 11.6. The zero-order chi connectivity index (χ0) is 23.8. The molecule has 2 N–H and O–H groups in total. The second kappa shape index (κ2) is 11.2. The van der Waals surface area contributed by atoms with Gasteiger partial charge in [-0.25, -0.2) is 4.98 Å². The quantitative estimate of drug-likeness (QED) is 0.304. The number of hydrogen-bond acceptors (Lipinski definition) is 4. The van der Waals surface area contributed by atoms with E-state index in [1.54, 1.807) is 12.1 Å². The lowest BCUT2D eigenvalue weighted by atomic mass is 10.0. The number of halogens is 3. The summed E-state index contributed by atoms with van der Waals surface area (Å²) in [5, 5.41) is 5.82. The van der Waals surface area contributed by atoms with Crippen molar-refractivity contribution in [3.63, 3.8) is 0 Å². The maximum absolute atomic E-state index is 13.5. The molecule has 0 radical (unpaired) electrons. The minimum Gasteiger partial charge on any atom is -0.340 e. The van der Waals surface area contributed by atoms with Crippen LogP contribution in [-0.4, -0.2) is 9.97 Å². The van der Waals surface area contributed by atoms with Gasteiger partial charge >= 0.3 is 6.18 Å². The minimum absolute atomic E-state index is 0.0978. The number of nitrogens with zero attached hydrogens (tertiary/aromatic N) is 2. The van der Waals surface area contributed by atoms with Crippen LogP contribution in [0.25, 0.3) is 0 Å². The molecule has 0 saturated carbocycles. The topological polar surface area (TPSA) is 49.8 Å². The summed E-state index contributed by atoms with van der Waals surface area (Å²) in [7, 11) is 0. The van der Waals surface area contributed by atoms with E-state index in [0.29, 0.717) is 11.6 Å². The highest BCUT2D eigenvalue weighted by atomic mass is 19.4. The van der Waals surface area contributed by atoms with Crippen LogP contribution in [0.3, 0.4) is 0 Å². The SMILES string of the molecule is CCCCCc1ccc(Nc2ncc(C(F)(F)F)c(Nc3ccc(CC(C)C)cc3)n2)cc1. The second-order valence-electron chi connectivity index (χ2n) is 8.65. The van der Waals surface area contributed by atoms with Gasteiger partial charge in [-0.05, 0) is 60.6 Å². The summed E-state index contributed by atoms with van der Waals surface area (Å²) < 4.78 is 40.6. The lowest BCUT2D eigenvalue weighted by Gasteiger charge is -2.15. The van der Waals surface area contributed by atoms with Crippen LogP contribution in [0.1, 0.15) is 56.7 Å². The fraction of sp³-hybridized carbons (Fsp3) is 0.385. The molecule has 33 heavy (non-hydrogen) atoms. The van der Waals surface area contributed by atoms with Crippen molar-refractivity contribution in [1.29, 1.82) is 0 Å². The lowest BCUT2D eigenvalue weighted by molar-refractivity contribution is -0.137. The summed E-state index contributed by atoms with van der Waals surface area (Å²) in [5.41, 5.74) is 2.71. The first kappa shape index (κ1) is 24.6. The van der Waals surface area contributed by atoms with Crippen molar-refractivity contribution in [2.45, 2.75) is 59.1 Å². The Labute approximate surface area is 193 Å². The largest absolute Gasteiger partial charge is 0.421 e. The Balaban J connectivity index is 1.77. The van der Waals surface area contributed by atoms with E-state index in [1.807, 2.05) is 36.4 Å². The molecule has 1 aromatic heterocycles. The van der Waals surface area contributed by atoms with Gasteiger partial charge in [0.15, 0.2) is 0 Å². The Bertz CT molecular complexity index is 1010. The first-order valence-electron chi connectivity index (χ1n) is 11.4. The molecule has 2 aromatic carbocycles. The van der Waals surface area contributed by atoms with Gasteiger partial charge in [-0.2, -0.15) is 18.2 Å². The van der Waals surface area contributed by atoms with E-state index in [2.05, 4.69) is 41.4 Å². The Hall–Kier alpha value is -3.09. The molecular formula is C26H31F3N4. The maximum Gasteiger partial charge on any atom is 0.421 e. The second-order valence-corrected chi connectivity index (χ2v) is 8.65. The van der Waals surface area contributed by atoms with Crippen LogP contribution in [0.4, 0.5) is 36.3 Å². The standard InChI is InChI=1S/C26H31F3N4/c1-4-5-6-7-19-8-12-22(13-9-19)32-25-30-17-23(26(27,28)29)24(33-25)31-21-14-10-20(11-15-21)16-18(2)3/h8-15,17-18H,4-7,16H2,1-3H3,(H2,30,31,32,33). The number of unbranched alkanes of at least 4 members (excludes halogenated alkanes) is 2. The third-order valence-corrected chi connectivity index (χ3v) is 5.23. The fourth-order valence-corrected chi connectivity index (χ4v) is 3.54. The number of anilines is 4. The molecule has 4 nitrogen and oxygen atoms in total. The summed E-state index contributed by atoms with van der Waals surface area (Å²) in [6.45, 7) is 6.41. The van der Waals surface area contributed by atoms with Crippen molar-refractivity contribution in [3.8, 4) is 0 Å². The maximum atomic E-state index is 13.5. The summed E-state index contributed by atoms with van der Waals surface area (Å²) in [5.74, 6) is 0.315. The van der Waals surface area contributed by atoms with Gasteiger partial charge < -0.3 is 10.6 Å². The molecule has 0 saturated heterocycles. The molecule has 0 unspecified atom stereocenters. The smallest absolute Gasteiger partial charge is 0.340 e. The first-order valence-corrected chi connectivity index (χ1v) is 11.4. The number of alkyl halides is 3. The third-order valence-electron chi connectivity index (χ3n) is 5.23. The highest BCUT2D eigenvalue weighted by molar-refractivity contribution is 5.63. The minimum atomic E-state index is -4.57. The van der Waals surface area contributed by atoms with E-state index < -0.39 is 11.7 Å². The molecule has 0 fully saturated rings. The van der Waals surface area contributed by atoms with Gasteiger partial charge in [0.2, 0.25) is 5.95 Å². The van der Waals surface area contributed by atoms with Crippen molar-refractivity contribution in [3.05, 3.63) is 71.4 Å². The van der Waals surface area contributed by atoms with Crippen LogP contribution >= 0.6 is 0 Å². The van der Waals surface area contributed by atoms with Crippen LogP contribution in [0.2, 0.25) is 0 Å². The van der Waals surface area contributed by atoms with E-state index in [-0.39, 0.29) is 11.8 Å². The van der Waals surface area contributed by atoms with Gasteiger partial charge in [0.05, 0.1) is 0 Å². The van der Waals surface area contributed by atoms with Crippen molar-refractivity contribution < 1.29 is 13.2 Å². The molecule has 0 aliphatic heterocycles. The molecular weight excluding hydrogens is 425 g/mol. The predicted octanol–water partition coefficient (Wildman–Crippen LogP) is 7.91. The molecule has 0 spiro atoms. The summed E-state index contributed by atoms with van der Waals surface area (Å²) in [4.78, 5) is 8.02. The Morgan fingerprint density at radius 1 is 0.848 bits per heavy atom. The molecule has 176 valence electrons. The molecule has 0 aliphatic carbocycles. The molecule has 1 heterocycles. The van der Waals surface area contributed by atoms with Gasteiger partial charge in [-0.3, -0.25) is 0 Å². The predicted molar refractivity (Wildman–Crippen MR) is 128 cm³/mol. The molecule has 3 rings (SSSR count). The lowest BCUT2D eigenvalue weighted by Crippen LogP contribution is -2.12. The Morgan fingerprint density at radius 2 is 1.45 bits per heavy atom. The Morgan fingerprint density at radius 3 is 2.03 bits per heavy atom. The van der Waals surface area contributed by atoms with E-state index in [0.717, 1.165) is 36.7 Å². The zero-order valence-corrected chi connectivity index (χ0v) is 19.3. The average Bonchev–Trinajstić information content (AvgIpc) is 2.75. The van der Waals surface area contributed by atoms with Crippen LogP contribution in [0, 0.1) is 5.92 Å². The number of hydrogen-bond donors (Lipinski definition) is 2. The summed E-state index contributed by atoms with van der Waals surface area (Å²) in [6, 6.07) is 15.2. The van der Waals surface area contributed by atoms with Crippen LogP contribution in [-0.2, 0) is 19.0 Å². The van der Waals surface area contributed by atoms with Crippen LogP contribution in [0.15, 0.2) is 54.7 Å². The zero-order valence-electron chi connectivity index (χ0n) is 19.3. The number of aromatic nitrogens is 2. The molecule has 3 aromatic rings. The van der Waals surface area contributed by atoms with Crippen molar-refractivity contribution in [2.75, 3.05) is 10.6 Å². The first-order chi connectivity index (χ1) is 15.7. The van der Waals surface area contributed by atoms with E-state index in [1.165, 1.54) is 18.4 Å². The Kier molecular flexibility index (Phi) is 8.31. The molecule has 0 atom stereocenters. The highest BCUT2D eigenvalue weighted by Crippen LogP contribution is 2.35. The average molecular weight is 457 g/mol. The molecule has 0 aliphatic rings. The number of benzene rings is 2. The van der Waals surface area contributed by atoms with Crippen molar-refractivity contribution in [1.82, 2.24) is 9.97 Å². The van der Waals surface area contributed by atoms with Crippen LogP contribution in [0.5, 0.6) is 0 Å². The van der Waals surface area contributed by atoms with E-state index in [9.17, 15) is 13.2 Å². The van der Waals surface area contributed by atoms with Crippen molar-refractivity contribution in [2.24, 2.45) is 5.92 Å². The highest BCUT2D eigenvalue weighted by Gasteiger charge is 2.35. The van der Waals surface area contributed by atoms with Gasteiger partial charge in [-0.15, -0.1) is 0 Å². The van der Waals surface area contributed by atoms with Gasteiger partial charge in [0.1, 0.15) is 11.4 Å². The van der Waals surface area contributed by atoms with E-state index in [4.69, 9.17) is 0 Å². The molecule has 0 bridgehead atoms.